The van der Waals surface area contributed by atoms with Crippen molar-refractivity contribution in [3.63, 3.8) is 0 Å². The lowest BCUT2D eigenvalue weighted by Crippen LogP contribution is -2.31. The summed E-state index contributed by atoms with van der Waals surface area (Å²) >= 11 is 0. The quantitative estimate of drug-likeness (QED) is 0.573. The van der Waals surface area contributed by atoms with Gasteiger partial charge in [-0.3, -0.25) is 9.59 Å². The fraction of sp³-hybridized carbons (Fsp3) is 0.0476. The lowest BCUT2D eigenvalue weighted by Gasteiger charge is -2.11. The molecule has 0 fully saturated rings. The maximum atomic E-state index is 12.6. The van der Waals surface area contributed by atoms with Gasteiger partial charge >= 0.3 is 5.97 Å². The number of carbonyl (C=O) groups excluding carboxylic acids is 1. The first-order valence-electron chi connectivity index (χ1n) is 8.55. The molecular weight excluding hydrogens is 358 g/mol. The third-order valence-corrected chi connectivity index (χ3v) is 4.43. The SMILES string of the molecule is O=C(Cn1nc(C(=O)O)c2ccccc2c1=O)Nc1cccc2ccccc12. The molecule has 0 spiro atoms. The Hall–Kier alpha value is -4.00. The normalized spacial score (nSPS) is 10.9. The number of carboxylic acids is 1. The van der Waals surface area contributed by atoms with Crippen molar-refractivity contribution in [2.75, 3.05) is 5.32 Å². The van der Waals surface area contributed by atoms with E-state index in [-0.39, 0.29) is 16.5 Å². The maximum absolute atomic E-state index is 12.6. The number of hydrogen-bond donors (Lipinski definition) is 2. The van der Waals surface area contributed by atoms with E-state index in [9.17, 15) is 19.5 Å². The Labute approximate surface area is 158 Å². The lowest BCUT2D eigenvalue weighted by atomic mass is 10.1. The standard InChI is InChI=1S/C21H15N3O4/c25-18(22-17-11-5-7-13-6-1-2-8-14(13)17)12-24-20(26)16-10-4-3-9-15(16)19(23-24)21(27)28/h1-11H,12H2,(H,22,25)(H,27,28). The number of anilines is 1. The first kappa shape index (κ1) is 17.4. The number of carbonyl (C=O) groups is 2. The van der Waals surface area contributed by atoms with Crippen LogP contribution in [0.15, 0.2) is 71.5 Å². The molecule has 3 aromatic carbocycles. The van der Waals surface area contributed by atoms with Gasteiger partial charge in [0.1, 0.15) is 6.54 Å². The number of benzene rings is 3. The van der Waals surface area contributed by atoms with Crippen LogP contribution in [0.4, 0.5) is 5.69 Å². The Morgan fingerprint density at radius 3 is 2.29 bits per heavy atom. The van der Waals surface area contributed by atoms with Crippen molar-refractivity contribution < 1.29 is 14.7 Å². The first-order valence-corrected chi connectivity index (χ1v) is 8.55. The van der Waals surface area contributed by atoms with E-state index in [1.54, 1.807) is 18.2 Å². The van der Waals surface area contributed by atoms with Gasteiger partial charge < -0.3 is 10.4 Å². The number of rotatable bonds is 4. The Kier molecular flexibility index (Phi) is 4.33. The molecule has 0 aliphatic rings. The minimum Gasteiger partial charge on any atom is -0.476 e. The van der Waals surface area contributed by atoms with E-state index in [1.165, 1.54) is 12.1 Å². The second kappa shape index (κ2) is 6.96. The zero-order valence-corrected chi connectivity index (χ0v) is 14.6. The highest BCUT2D eigenvalue weighted by Gasteiger charge is 2.17. The molecule has 4 rings (SSSR count). The van der Waals surface area contributed by atoms with E-state index in [0.717, 1.165) is 15.5 Å². The van der Waals surface area contributed by atoms with Crippen LogP contribution >= 0.6 is 0 Å². The van der Waals surface area contributed by atoms with Gasteiger partial charge in [0.2, 0.25) is 5.91 Å². The van der Waals surface area contributed by atoms with E-state index in [1.807, 2.05) is 36.4 Å². The zero-order valence-electron chi connectivity index (χ0n) is 14.6. The largest absolute Gasteiger partial charge is 0.476 e. The molecule has 1 aromatic heterocycles. The summed E-state index contributed by atoms with van der Waals surface area (Å²) in [6.07, 6.45) is 0. The summed E-state index contributed by atoms with van der Waals surface area (Å²) in [6.45, 7) is -0.396. The van der Waals surface area contributed by atoms with Crippen LogP contribution in [0.2, 0.25) is 0 Å². The number of nitrogens with zero attached hydrogens (tertiary/aromatic N) is 2. The summed E-state index contributed by atoms with van der Waals surface area (Å²) in [5.74, 6) is -1.74. The first-order chi connectivity index (χ1) is 13.5. The van der Waals surface area contributed by atoms with Gasteiger partial charge in [-0.25, -0.2) is 9.48 Å². The summed E-state index contributed by atoms with van der Waals surface area (Å²) < 4.78 is 0.881. The second-order valence-corrected chi connectivity index (χ2v) is 6.24. The summed E-state index contributed by atoms with van der Waals surface area (Å²) in [4.78, 5) is 36.7. The molecule has 0 atom stereocenters. The van der Waals surface area contributed by atoms with Gasteiger partial charge in [0.05, 0.1) is 5.39 Å². The molecule has 0 saturated heterocycles. The third-order valence-electron chi connectivity index (χ3n) is 4.43. The van der Waals surface area contributed by atoms with Crippen molar-refractivity contribution in [1.29, 1.82) is 0 Å². The molecule has 0 aliphatic heterocycles. The van der Waals surface area contributed by atoms with Gasteiger partial charge in [0.15, 0.2) is 5.69 Å². The number of amides is 1. The molecule has 7 nitrogen and oxygen atoms in total. The molecule has 0 bridgehead atoms. The topological polar surface area (TPSA) is 101 Å². The van der Waals surface area contributed by atoms with Gasteiger partial charge in [-0.05, 0) is 17.5 Å². The minimum atomic E-state index is -1.26. The monoisotopic (exact) mass is 373 g/mol. The zero-order chi connectivity index (χ0) is 19.7. The number of hydrogen-bond acceptors (Lipinski definition) is 4. The van der Waals surface area contributed by atoms with E-state index in [2.05, 4.69) is 10.4 Å². The fourth-order valence-corrected chi connectivity index (χ4v) is 3.16. The number of fused-ring (bicyclic) bond motifs is 2. The Balaban J connectivity index is 1.70. The number of aromatic nitrogens is 2. The van der Waals surface area contributed by atoms with Gasteiger partial charge in [0, 0.05) is 16.5 Å². The molecule has 0 aliphatic carbocycles. The summed E-state index contributed by atoms with van der Waals surface area (Å²) in [6, 6.07) is 19.4. The van der Waals surface area contributed by atoms with Crippen molar-refractivity contribution >= 4 is 39.1 Å². The highest BCUT2D eigenvalue weighted by atomic mass is 16.4. The minimum absolute atomic E-state index is 0.202. The predicted octanol–water partition coefficient (Wildman–Crippen LogP) is 2.89. The summed E-state index contributed by atoms with van der Waals surface area (Å²) in [7, 11) is 0. The lowest BCUT2D eigenvalue weighted by molar-refractivity contribution is -0.117. The van der Waals surface area contributed by atoms with Gasteiger partial charge in [0.25, 0.3) is 5.56 Å². The van der Waals surface area contributed by atoms with E-state index >= 15 is 0 Å². The van der Waals surface area contributed by atoms with Crippen LogP contribution in [-0.4, -0.2) is 26.8 Å². The summed E-state index contributed by atoms with van der Waals surface area (Å²) in [5.41, 5.74) is -0.183. The molecular formula is C21H15N3O4. The van der Waals surface area contributed by atoms with E-state index in [4.69, 9.17) is 0 Å². The highest BCUT2D eigenvalue weighted by Crippen LogP contribution is 2.23. The van der Waals surface area contributed by atoms with Crippen LogP contribution in [0.3, 0.4) is 0 Å². The van der Waals surface area contributed by atoms with Crippen LogP contribution in [0, 0.1) is 0 Å². The summed E-state index contributed by atoms with van der Waals surface area (Å²) in [5, 5.41) is 18.3. The van der Waals surface area contributed by atoms with Gasteiger partial charge in [-0.1, -0.05) is 54.6 Å². The van der Waals surface area contributed by atoms with Crippen LogP contribution in [0.5, 0.6) is 0 Å². The second-order valence-electron chi connectivity index (χ2n) is 6.24. The maximum Gasteiger partial charge on any atom is 0.357 e. The van der Waals surface area contributed by atoms with Crippen LogP contribution in [0.1, 0.15) is 10.5 Å². The molecule has 0 unspecified atom stereocenters. The average Bonchev–Trinajstić information content (AvgIpc) is 2.70. The molecule has 2 N–H and O–H groups in total. The molecule has 7 heteroatoms. The molecule has 0 saturated carbocycles. The van der Waals surface area contributed by atoms with E-state index < -0.39 is 24.0 Å². The molecule has 0 radical (unpaired) electrons. The highest BCUT2D eigenvalue weighted by molar-refractivity contribution is 6.03. The number of aromatic carboxylic acids is 1. The smallest absolute Gasteiger partial charge is 0.357 e. The molecule has 138 valence electrons. The number of carboxylic acid groups (broad SMARTS) is 1. The van der Waals surface area contributed by atoms with Crippen LogP contribution in [0.25, 0.3) is 21.5 Å². The Morgan fingerprint density at radius 1 is 0.893 bits per heavy atom. The predicted molar refractivity (Wildman–Crippen MR) is 106 cm³/mol. The Morgan fingerprint density at radius 2 is 1.54 bits per heavy atom. The fourth-order valence-electron chi connectivity index (χ4n) is 3.16. The van der Waals surface area contributed by atoms with Crippen molar-refractivity contribution in [2.45, 2.75) is 6.54 Å². The van der Waals surface area contributed by atoms with Crippen LogP contribution < -0.4 is 10.9 Å². The van der Waals surface area contributed by atoms with Crippen LogP contribution in [-0.2, 0) is 11.3 Å². The van der Waals surface area contributed by atoms with Crippen molar-refractivity contribution in [3.05, 3.63) is 82.8 Å². The molecule has 28 heavy (non-hydrogen) atoms. The van der Waals surface area contributed by atoms with Gasteiger partial charge in [-0.15, -0.1) is 0 Å². The molecule has 4 aromatic rings. The van der Waals surface area contributed by atoms with Gasteiger partial charge in [-0.2, -0.15) is 5.10 Å². The van der Waals surface area contributed by atoms with Crippen molar-refractivity contribution in [3.8, 4) is 0 Å². The van der Waals surface area contributed by atoms with Crippen molar-refractivity contribution in [1.82, 2.24) is 9.78 Å². The van der Waals surface area contributed by atoms with Crippen molar-refractivity contribution in [2.24, 2.45) is 0 Å². The number of nitrogens with one attached hydrogen (secondary N) is 1. The van der Waals surface area contributed by atoms with E-state index in [0.29, 0.717) is 5.69 Å². The Bertz CT molecular complexity index is 1290. The molecule has 1 heterocycles. The molecule has 1 amide bonds. The average molecular weight is 373 g/mol. The third kappa shape index (κ3) is 3.09.